The summed E-state index contributed by atoms with van der Waals surface area (Å²) in [5.41, 5.74) is 5.82. The number of hydrogen-bond acceptors (Lipinski definition) is 5. The van der Waals surface area contributed by atoms with Crippen LogP contribution in [0.15, 0.2) is 36.0 Å². The molecule has 0 saturated carbocycles. The van der Waals surface area contributed by atoms with Gasteiger partial charge in [-0.25, -0.2) is 4.98 Å². The minimum Gasteiger partial charge on any atom is -0.403 e. The number of rotatable bonds is 2. The van der Waals surface area contributed by atoms with E-state index < -0.39 is 5.91 Å². The Bertz CT molecular complexity index is 605. The van der Waals surface area contributed by atoms with Crippen LogP contribution in [-0.4, -0.2) is 10.9 Å². The second-order valence-corrected chi connectivity index (χ2v) is 4.16. The molecule has 1 amide bonds. The van der Waals surface area contributed by atoms with Crippen molar-refractivity contribution in [2.45, 2.75) is 0 Å². The molecule has 0 saturated heterocycles. The van der Waals surface area contributed by atoms with E-state index in [9.17, 15) is 4.79 Å². The SMILES string of the molecule is N#C/C(=C\N)C(=O)Nc1nc2ccccc2s1. The number of aromatic nitrogens is 1. The number of thiazole rings is 1. The molecular weight excluding hydrogens is 236 g/mol. The first-order valence-corrected chi connectivity index (χ1v) is 5.55. The van der Waals surface area contributed by atoms with E-state index >= 15 is 0 Å². The van der Waals surface area contributed by atoms with Crippen molar-refractivity contribution in [2.75, 3.05) is 5.32 Å². The molecule has 0 atom stereocenters. The summed E-state index contributed by atoms with van der Waals surface area (Å²) in [5.74, 6) is -0.547. The van der Waals surface area contributed by atoms with Gasteiger partial charge in [0.1, 0.15) is 11.6 Å². The van der Waals surface area contributed by atoms with E-state index in [1.165, 1.54) is 11.3 Å². The number of amides is 1. The number of fused-ring (bicyclic) bond motifs is 1. The van der Waals surface area contributed by atoms with Gasteiger partial charge in [-0.05, 0) is 12.1 Å². The van der Waals surface area contributed by atoms with E-state index in [0.29, 0.717) is 5.13 Å². The highest BCUT2D eigenvalue weighted by Crippen LogP contribution is 2.25. The Hall–Kier alpha value is -2.39. The van der Waals surface area contributed by atoms with Gasteiger partial charge in [-0.15, -0.1) is 0 Å². The van der Waals surface area contributed by atoms with Crippen LogP contribution in [0.1, 0.15) is 0 Å². The lowest BCUT2D eigenvalue weighted by atomic mass is 10.3. The van der Waals surface area contributed by atoms with Crippen molar-refractivity contribution >= 4 is 32.6 Å². The summed E-state index contributed by atoms with van der Waals surface area (Å²) in [6.07, 6.45) is 0.975. The summed E-state index contributed by atoms with van der Waals surface area (Å²) in [6.45, 7) is 0. The van der Waals surface area contributed by atoms with E-state index in [-0.39, 0.29) is 5.57 Å². The van der Waals surface area contributed by atoms with Gasteiger partial charge < -0.3 is 5.73 Å². The molecule has 6 heteroatoms. The zero-order valence-corrected chi connectivity index (χ0v) is 9.49. The largest absolute Gasteiger partial charge is 0.403 e. The molecule has 0 unspecified atom stereocenters. The Labute approximate surface area is 101 Å². The second kappa shape index (κ2) is 4.63. The number of para-hydroxylation sites is 1. The highest BCUT2D eigenvalue weighted by atomic mass is 32.1. The van der Waals surface area contributed by atoms with Crippen molar-refractivity contribution in [1.29, 1.82) is 5.26 Å². The monoisotopic (exact) mass is 244 g/mol. The van der Waals surface area contributed by atoms with E-state index in [0.717, 1.165) is 16.4 Å². The maximum absolute atomic E-state index is 11.5. The zero-order valence-electron chi connectivity index (χ0n) is 8.68. The van der Waals surface area contributed by atoms with Gasteiger partial charge in [0.05, 0.1) is 10.2 Å². The molecule has 3 N–H and O–H groups in total. The van der Waals surface area contributed by atoms with Crippen LogP contribution in [0.25, 0.3) is 10.2 Å². The van der Waals surface area contributed by atoms with Gasteiger partial charge in [-0.1, -0.05) is 23.5 Å². The Morgan fingerprint density at radius 1 is 1.53 bits per heavy atom. The maximum Gasteiger partial charge on any atom is 0.269 e. The lowest BCUT2D eigenvalue weighted by Crippen LogP contribution is -2.14. The van der Waals surface area contributed by atoms with Crippen molar-refractivity contribution < 1.29 is 4.79 Å². The first-order chi connectivity index (χ1) is 8.24. The van der Waals surface area contributed by atoms with Crippen LogP contribution in [0, 0.1) is 11.3 Å². The fraction of sp³-hybridized carbons (Fsp3) is 0. The van der Waals surface area contributed by atoms with Gasteiger partial charge in [0.2, 0.25) is 0 Å². The van der Waals surface area contributed by atoms with Crippen LogP contribution < -0.4 is 11.1 Å². The topological polar surface area (TPSA) is 91.8 Å². The maximum atomic E-state index is 11.5. The summed E-state index contributed by atoms with van der Waals surface area (Å²) >= 11 is 1.34. The van der Waals surface area contributed by atoms with Crippen molar-refractivity contribution in [2.24, 2.45) is 5.73 Å². The molecule has 2 rings (SSSR count). The van der Waals surface area contributed by atoms with E-state index in [1.807, 2.05) is 24.3 Å². The quantitative estimate of drug-likeness (QED) is 0.620. The molecule has 0 radical (unpaired) electrons. The van der Waals surface area contributed by atoms with Crippen molar-refractivity contribution in [3.63, 3.8) is 0 Å². The molecule has 1 aromatic carbocycles. The molecule has 0 aliphatic carbocycles. The third-order valence-corrected chi connectivity index (χ3v) is 3.00. The number of nitrogens with one attached hydrogen (secondary N) is 1. The number of nitrogens with zero attached hydrogens (tertiary/aromatic N) is 2. The summed E-state index contributed by atoms with van der Waals surface area (Å²) in [4.78, 5) is 15.7. The van der Waals surface area contributed by atoms with Gasteiger partial charge in [-0.2, -0.15) is 5.26 Å². The molecule has 5 nitrogen and oxygen atoms in total. The average molecular weight is 244 g/mol. The minimum atomic E-state index is -0.547. The number of anilines is 1. The Balaban J connectivity index is 2.25. The van der Waals surface area contributed by atoms with Gasteiger partial charge in [0, 0.05) is 6.20 Å². The van der Waals surface area contributed by atoms with Crippen LogP contribution in [0.4, 0.5) is 5.13 Å². The average Bonchev–Trinajstić information content (AvgIpc) is 2.72. The number of nitrogens with two attached hydrogens (primary N) is 1. The molecule has 84 valence electrons. The first kappa shape index (κ1) is 11.1. The number of hydrogen-bond donors (Lipinski definition) is 2. The fourth-order valence-corrected chi connectivity index (χ4v) is 2.11. The zero-order chi connectivity index (χ0) is 12.3. The standard InChI is InChI=1S/C11H8N4OS/c12-5-7(6-13)10(16)15-11-14-8-3-1-2-4-9(8)17-11/h1-5H,12H2,(H,14,15,16)/b7-5+. The second-order valence-electron chi connectivity index (χ2n) is 3.13. The molecule has 0 fully saturated rings. The third-order valence-electron chi connectivity index (χ3n) is 2.05. The molecule has 0 aliphatic heterocycles. The summed E-state index contributed by atoms with van der Waals surface area (Å²) < 4.78 is 0.970. The molecule has 17 heavy (non-hydrogen) atoms. The van der Waals surface area contributed by atoms with Crippen LogP contribution in [0.5, 0.6) is 0 Å². The molecule has 1 heterocycles. The van der Waals surface area contributed by atoms with E-state index in [2.05, 4.69) is 10.3 Å². The summed E-state index contributed by atoms with van der Waals surface area (Å²) in [5, 5.41) is 11.6. The van der Waals surface area contributed by atoms with Crippen LogP contribution in [0.2, 0.25) is 0 Å². The summed E-state index contributed by atoms with van der Waals surface area (Å²) in [6, 6.07) is 9.23. The molecule has 0 spiro atoms. The Morgan fingerprint density at radius 3 is 2.94 bits per heavy atom. The number of carbonyl (C=O) groups is 1. The Morgan fingerprint density at radius 2 is 2.29 bits per heavy atom. The lowest BCUT2D eigenvalue weighted by molar-refractivity contribution is -0.112. The van der Waals surface area contributed by atoms with Crippen LogP contribution in [-0.2, 0) is 4.79 Å². The van der Waals surface area contributed by atoms with E-state index in [4.69, 9.17) is 11.0 Å². The van der Waals surface area contributed by atoms with Gasteiger partial charge in [-0.3, -0.25) is 10.1 Å². The number of benzene rings is 1. The smallest absolute Gasteiger partial charge is 0.269 e. The highest BCUT2D eigenvalue weighted by molar-refractivity contribution is 7.22. The molecular formula is C11H8N4OS. The molecule has 0 bridgehead atoms. The third kappa shape index (κ3) is 2.24. The predicted octanol–water partition coefficient (Wildman–Crippen LogP) is 1.60. The lowest BCUT2D eigenvalue weighted by Gasteiger charge is -1.97. The summed E-state index contributed by atoms with van der Waals surface area (Å²) in [7, 11) is 0. The van der Waals surface area contributed by atoms with Gasteiger partial charge in [0.25, 0.3) is 5.91 Å². The molecule has 1 aromatic heterocycles. The van der Waals surface area contributed by atoms with Crippen molar-refractivity contribution in [1.82, 2.24) is 4.98 Å². The number of nitriles is 1. The van der Waals surface area contributed by atoms with Crippen LogP contribution in [0.3, 0.4) is 0 Å². The number of carbonyl (C=O) groups excluding carboxylic acids is 1. The normalized spacial score (nSPS) is 11.1. The molecule has 0 aliphatic rings. The van der Waals surface area contributed by atoms with Gasteiger partial charge in [0.15, 0.2) is 5.13 Å². The minimum absolute atomic E-state index is 0.135. The van der Waals surface area contributed by atoms with E-state index in [1.54, 1.807) is 6.07 Å². The first-order valence-electron chi connectivity index (χ1n) is 4.73. The highest BCUT2D eigenvalue weighted by Gasteiger charge is 2.11. The van der Waals surface area contributed by atoms with Crippen molar-refractivity contribution in [3.05, 3.63) is 36.0 Å². The van der Waals surface area contributed by atoms with Gasteiger partial charge >= 0.3 is 0 Å². The molecule has 2 aromatic rings. The fourth-order valence-electron chi connectivity index (χ4n) is 1.25. The Kier molecular flexibility index (Phi) is 3.03. The predicted molar refractivity (Wildman–Crippen MR) is 66.1 cm³/mol. The van der Waals surface area contributed by atoms with Crippen molar-refractivity contribution in [3.8, 4) is 6.07 Å². The van der Waals surface area contributed by atoms with Crippen LogP contribution >= 0.6 is 11.3 Å².